The predicted octanol–water partition coefficient (Wildman–Crippen LogP) is 6.56. The lowest BCUT2D eigenvalue weighted by Crippen LogP contribution is -2.26. The summed E-state index contributed by atoms with van der Waals surface area (Å²) in [6.07, 6.45) is 7.78. The summed E-state index contributed by atoms with van der Waals surface area (Å²) in [6.45, 7) is 5.20. The number of benzene rings is 3. The number of imidazole rings is 2. The summed E-state index contributed by atoms with van der Waals surface area (Å²) in [5, 5.41) is 2.88. The Morgan fingerprint density at radius 1 is 0.678 bits per heavy atom. The maximum Gasteiger partial charge on any atom is 0.261 e. The van der Waals surface area contributed by atoms with Crippen molar-refractivity contribution in [3.8, 4) is 0 Å². The second-order valence-corrected chi connectivity index (χ2v) is 16.3. The third-order valence-corrected chi connectivity index (χ3v) is 12.2. The van der Waals surface area contributed by atoms with Crippen molar-refractivity contribution in [1.29, 1.82) is 0 Å². The number of aromatic amines is 2. The number of aromatic nitrogens is 12. The lowest BCUT2D eigenvalue weighted by atomic mass is 10.1. The van der Waals surface area contributed by atoms with Crippen molar-refractivity contribution in [3.05, 3.63) is 135 Å². The summed E-state index contributed by atoms with van der Waals surface area (Å²) >= 11 is 3.00. The molecule has 1 aliphatic rings. The van der Waals surface area contributed by atoms with Crippen molar-refractivity contribution >= 4 is 73.6 Å². The average molecular weight is 822 g/mol. The Bertz CT molecular complexity index is 3100. The van der Waals surface area contributed by atoms with Crippen LogP contribution in [0, 0.1) is 19.8 Å². The number of nitrogens with two attached hydrogens (primary N) is 1. The van der Waals surface area contributed by atoms with E-state index >= 15 is 0 Å². The van der Waals surface area contributed by atoms with Gasteiger partial charge in [-0.15, -0.1) is 0 Å². The molecule has 15 nitrogen and oxygen atoms in total. The van der Waals surface area contributed by atoms with Gasteiger partial charge in [-0.2, -0.15) is 4.98 Å². The first-order valence-electron chi connectivity index (χ1n) is 19.2. The molecule has 0 aliphatic heterocycles. The molecule has 0 amide bonds. The fraction of sp³-hybridized carbons (Fsp3) is 0.238. The zero-order valence-electron chi connectivity index (χ0n) is 32.3. The number of fused-ring (bicyclic) bond motifs is 4. The molecule has 3 aromatic carbocycles. The van der Waals surface area contributed by atoms with Crippen LogP contribution in [0.15, 0.2) is 105 Å². The number of nitrogen functional groups attached to an aromatic ring is 1. The Balaban J connectivity index is 0.000000153. The van der Waals surface area contributed by atoms with Gasteiger partial charge in [-0.3, -0.25) is 18.7 Å². The van der Waals surface area contributed by atoms with Crippen LogP contribution in [-0.2, 0) is 31.0 Å². The van der Waals surface area contributed by atoms with E-state index in [2.05, 4.69) is 52.0 Å². The first-order valence-corrected chi connectivity index (χ1v) is 21.2. The Morgan fingerprint density at radius 3 is 1.97 bits per heavy atom. The van der Waals surface area contributed by atoms with E-state index in [0.717, 1.165) is 62.8 Å². The number of nitrogens with one attached hydrogen (secondary N) is 2. The second-order valence-electron chi connectivity index (χ2n) is 14.4. The van der Waals surface area contributed by atoms with Crippen LogP contribution in [-0.4, -0.2) is 59.0 Å². The summed E-state index contributed by atoms with van der Waals surface area (Å²) in [5.74, 6) is 3.26. The molecule has 0 bridgehead atoms. The van der Waals surface area contributed by atoms with Crippen LogP contribution < -0.4 is 16.9 Å². The summed E-state index contributed by atoms with van der Waals surface area (Å²) < 4.78 is 3.65. The van der Waals surface area contributed by atoms with Crippen molar-refractivity contribution in [3.63, 3.8) is 0 Å². The molecule has 4 N–H and O–H groups in total. The van der Waals surface area contributed by atoms with Gasteiger partial charge in [-0.1, -0.05) is 78.1 Å². The molecule has 6 heterocycles. The molecule has 0 spiro atoms. The lowest BCUT2D eigenvalue weighted by molar-refractivity contribution is 0.581. The monoisotopic (exact) mass is 821 g/mol. The minimum atomic E-state index is 0.00371. The van der Waals surface area contributed by atoms with E-state index in [1.807, 2.05) is 73.0 Å². The van der Waals surface area contributed by atoms with Crippen molar-refractivity contribution in [2.24, 2.45) is 5.92 Å². The predicted molar refractivity (Wildman–Crippen MR) is 231 cm³/mol. The fourth-order valence-corrected chi connectivity index (χ4v) is 8.92. The Labute approximate surface area is 345 Å². The van der Waals surface area contributed by atoms with Crippen LogP contribution in [0.4, 0.5) is 5.95 Å². The van der Waals surface area contributed by atoms with Crippen molar-refractivity contribution in [2.45, 2.75) is 67.8 Å². The second kappa shape index (κ2) is 16.4. The van der Waals surface area contributed by atoms with Crippen molar-refractivity contribution in [1.82, 2.24) is 59.0 Å². The molecule has 1 aliphatic carbocycles. The minimum Gasteiger partial charge on any atom is -0.368 e. The molecule has 10 rings (SSSR count). The molecule has 1 fully saturated rings. The van der Waals surface area contributed by atoms with E-state index in [-0.39, 0.29) is 17.1 Å². The average Bonchev–Trinajstić information content (AvgIpc) is 3.69. The van der Waals surface area contributed by atoms with E-state index in [4.69, 9.17) is 15.7 Å². The van der Waals surface area contributed by atoms with Crippen LogP contribution in [0.3, 0.4) is 0 Å². The highest BCUT2D eigenvalue weighted by Crippen LogP contribution is 2.32. The number of hydrogen-bond donors (Lipinski definition) is 3. The number of nitrogens with zero attached hydrogens (tertiary/aromatic N) is 10. The quantitative estimate of drug-likeness (QED) is 0.0935. The van der Waals surface area contributed by atoms with E-state index < -0.39 is 0 Å². The van der Waals surface area contributed by atoms with Gasteiger partial charge in [0.15, 0.2) is 11.3 Å². The SMILES string of the molecule is Cc1cccc2nc(CSc3nc(N)nc4nc[nH]c34)n(CC3CC3)c(=O)c12.Cc1cccc2nc(CSc3ncnc4nc[nH]c34)n(CCc3ccccc3)c(=O)c12. The Hall–Kier alpha value is -6.46. The largest absolute Gasteiger partial charge is 0.368 e. The zero-order chi connectivity index (χ0) is 40.5. The van der Waals surface area contributed by atoms with Gasteiger partial charge in [0.2, 0.25) is 5.95 Å². The molecule has 0 radical (unpaired) electrons. The van der Waals surface area contributed by atoms with Gasteiger partial charge in [-0.25, -0.2) is 34.9 Å². The van der Waals surface area contributed by atoms with Gasteiger partial charge in [0.05, 0.1) is 46.0 Å². The fourth-order valence-electron chi connectivity index (χ4n) is 7.08. The molecule has 0 saturated heterocycles. The zero-order valence-corrected chi connectivity index (χ0v) is 33.9. The van der Waals surface area contributed by atoms with E-state index in [1.54, 1.807) is 17.2 Å². The van der Waals surface area contributed by atoms with Crippen LogP contribution >= 0.6 is 23.5 Å². The third kappa shape index (κ3) is 8.03. The summed E-state index contributed by atoms with van der Waals surface area (Å²) in [6, 6.07) is 21.8. The first-order chi connectivity index (χ1) is 28.8. The summed E-state index contributed by atoms with van der Waals surface area (Å²) in [4.78, 5) is 67.8. The van der Waals surface area contributed by atoms with E-state index in [1.165, 1.54) is 48.3 Å². The topological polar surface area (TPSA) is 205 Å². The molecular formula is C42H39N13O2S2. The standard InChI is InChI=1S/C23H20N6OS.C19H19N7OS/c1-15-6-5-9-17-19(15)23(30)29(11-10-16-7-3-2-4-8-16)18(28-17)12-31-22-20-21(25-13-24-20)26-14-27-22;1-10-3-2-4-12-14(10)18(27)26(7-11-5-6-11)13(23-12)8-28-17-15-16(22-9-21-15)24-19(20)25-17/h2-9,13-14H,10-12H2,1H3,(H,24,25,26,27);2-4,9,11H,5-8H2,1H3,(H3,20,21,22,24,25). The van der Waals surface area contributed by atoms with Crippen molar-refractivity contribution < 1.29 is 0 Å². The Kier molecular flexibility index (Phi) is 10.6. The Morgan fingerprint density at radius 2 is 1.29 bits per heavy atom. The van der Waals surface area contributed by atoms with Crippen LogP contribution in [0.5, 0.6) is 0 Å². The van der Waals surface area contributed by atoms with Gasteiger partial charge in [0, 0.05) is 13.1 Å². The van der Waals surface area contributed by atoms with Crippen LogP contribution in [0.1, 0.15) is 41.2 Å². The number of H-pyrrole nitrogens is 2. The minimum absolute atomic E-state index is 0.00371. The summed E-state index contributed by atoms with van der Waals surface area (Å²) in [5.41, 5.74) is 13.1. The highest BCUT2D eigenvalue weighted by molar-refractivity contribution is 7.98. The molecule has 0 unspecified atom stereocenters. The maximum absolute atomic E-state index is 13.4. The normalized spacial score (nSPS) is 12.7. The molecule has 1 saturated carbocycles. The summed E-state index contributed by atoms with van der Waals surface area (Å²) in [7, 11) is 0. The molecule has 0 atom stereocenters. The molecule has 6 aromatic heterocycles. The number of hydrogen-bond acceptors (Lipinski definition) is 13. The number of aryl methyl sites for hydroxylation is 3. The number of thioether (sulfide) groups is 2. The van der Waals surface area contributed by atoms with Gasteiger partial charge >= 0.3 is 0 Å². The van der Waals surface area contributed by atoms with Gasteiger partial charge < -0.3 is 15.7 Å². The third-order valence-electron chi connectivity index (χ3n) is 10.3. The van der Waals surface area contributed by atoms with Gasteiger partial charge in [-0.05, 0) is 67.9 Å². The van der Waals surface area contributed by atoms with E-state index in [9.17, 15) is 9.59 Å². The molecule has 59 heavy (non-hydrogen) atoms. The first kappa shape index (κ1) is 38.1. The smallest absolute Gasteiger partial charge is 0.261 e. The van der Waals surface area contributed by atoms with Crippen LogP contribution in [0.25, 0.3) is 44.1 Å². The van der Waals surface area contributed by atoms with Crippen LogP contribution in [0.2, 0.25) is 0 Å². The molecule has 9 aromatic rings. The van der Waals surface area contributed by atoms with E-state index in [0.29, 0.717) is 51.1 Å². The molecule has 296 valence electrons. The molecule has 17 heteroatoms. The molecular weight excluding hydrogens is 783 g/mol. The highest BCUT2D eigenvalue weighted by atomic mass is 32.2. The highest BCUT2D eigenvalue weighted by Gasteiger charge is 2.25. The van der Waals surface area contributed by atoms with Gasteiger partial charge in [0.25, 0.3) is 11.1 Å². The number of rotatable bonds is 11. The number of anilines is 1. The lowest BCUT2D eigenvalue weighted by Gasteiger charge is -2.14. The maximum atomic E-state index is 13.4. The van der Waals surface area contributed by atoms with Crippen molar-refractivity contribution in [2.75, 3.05) is 5.73 Å². The van der Waals surface area contributed by atoms with Gasteiger partial charge in [0.1, 0.15) is 39.1 Å².